The molecule has 0 aliphatic heterocycles. The average molecular weight is 490 g/mol. The number of carbonyl (C=O) groups is 3. The highest BCUT2D eigenvalue weighted by Crippen LogP contribution is 2.17. The third-order valence-corrected chi connectivity index (χ3v) is 4.98. The minimum atomic E-state index is -0.946. The molecule has 0 bridgehead atoms. The number of nitrogens with zero attached hydrogens (tertiary/aromatic N) is 1. The number of esters is 2. The highest BCUT2D eigenvalue weighted by atomic mass is 35.5. The number of carbonyl (C=O) groups excluding carboxylic acids is 3. The van der Waals surface area contributed by atoms with Gasteiger partial charge in [-0.1, -0.05) is 12.1 Å². The molecule has 0 saturated carbocycles. The van der Waals surface area contributed by atoms with E-state index in [2.05, 4.69) is 10.2 Å². The number of ether oxygens (including phenoxy) is 2. The van der Waals surface area contributed by atoms with Crippen molar-refractivity contribution in [1.82, 2.24) is 5.32 Å². The van der Waals surface area contributed by atoms with Crippen LogP contribution in [0.15, 0.2) is 24.3 Å². The Balaban J connectivity index is 2.81. The fourth-order valence-corrected chi connectivity index (χ4v) is 3.41. The Hall–Kier alpha value is -2.03. The van der Waals surface area contributed by atoms with Crippen LogP contribution in [-0.4, -0.2) is 68.0 Å². The molecule has 1 rings (SSSR count). The van der Waals surface area contributed by atoms with Gasteiger partial charge in [-0.15, -0.1) is 23.2 Å². The normalized spacial score (nSPS) is 12.5. The second-order valence-electron chi connectivity index (χ2n) is 7.00. The maximum Gasteiger partial charge on any atom is 0.328 e. The van der Waals surface area contributed by atoms with Crippen LogP contribution in [0, 0.1) is 0 Å². The van der Waals surface area contributed by atoms with Crippen molar-refractivity contribution in [3.05, 3.63) is 29.8 Å². The zero-order valence-corrected chi connectivity index (χ0v) is 20.2. The van der Waals surface area contributed by atoms with E-state index in [1.807, 2.05) is 24.3 Å². The van der Waals surface area contributed by atoms with E-state index in [1.54, 1.807) is 13.8 Å². The van der Waals surface area contributed by atoms with Gasteiger partial charge in [-0.2, -0.15) is 0 Å². The first kappa shape index (κ1) is 28.0. The first-order chi connectivity index (χ1) is 15.4. The predicted molar refractivity (Wildman–Crippen MR) is 126 cm³/mol. The first-order valence-corrected chi connectivity index (χ1v) is 11.8. The maximum absolute atomic E-state index is 12.5. The van der Waals surface area contributed by atoms with Crippen molar-refractivity contribution < 1.29 is 23.9 Å². The van der Waals surface area contributed by atoms with Gasteiger partial charge in [0, 0.05) is 43.4 Å². The molecule has 1 aromatic rings. The Morgan fingerprint density at radius 2 is 1.62 bits per heavy atom. The average Bonchev–Trinajstić information content (AvgIpc) is 2.77. The van der Waals surface area contributed by atoms with Gasteiger partial charge in [-0.3, -0.25) is 9.59 Å². The molecule has 0 fully saturated rings. The van der Waals surface area contributed by atoms with E-state index >= 15 is 0 Å². The van der Waals surface area contributed by atoms with E-state index in [1.165, 1.54) is 0 Å². The zero-order chi connectivity index (χ0) is 23.9. The molecule has 0 saturated heterocycles. The number of benzene rings is 1. The Morgan fingerprint density at radius 3 is 2.16 bits per heavy atom. The molecule has 180 valence electrons. The Kier molecular flexibility index (Phi) is 13.8. The fourth-order valence-electron chi connectivity index (χ4n) is 3.01. The summed E-state index contributed by atoms with van der Waals surface area (Å²) in [7, 11) is 0. The first-order valence-electron chi connectivity index (χ1n) is 10.7. The second kappa shape index (κ2) is 15.7. The molecule has 0 heterocycles. The number of hydrogen-bond acceptors (Lipinski definition) is 7. The molecule has 0 radical (unpaired) electrons. The van der Waals surface area contributed by atoms with Crippen molar-refractivity contribution in [3.8, 4) is 0 Å². The third-order valence-electron chi connectivity index (χ3n) is 4.64. The van der Waals surface area contributed by atoms with E-state index in [9.17, 15) is 14.4 Å². The van der Waals surface area contributed by atoms with Crippen LogP contribution in [0.2, 0.25) is 0 Å². The number of alkyl halides is 2. The molecule has 3 N–H and O–H groups in total. The minimum Gasteiger partial charge on any atom is -0.466 e. The SMILES string of the molecule is CCOC(=O)CC[C@H](N)C(=O)N[C@H](Cc1ccc(N(CCCl)CCCl)cc1)C(=O)OCC. The molecular formula is C22H33Cl2N3O5. The number of nitrogens with one attached hydrogen (secondary N) is 1. The van der Waals surface area contributed by atoms with Crippen LogP contribution < -0.4 is 16.0 Å². The number of hydrogen-bond donors (Lipinski definition) is 2. The van der Waals surface area contributed by atoms with Crippen LogP contribution in [0.1, 0.15) is 32.3 Å². The molecule has 2 atom stereocenters. The molecule has 1 amide bonds. The van der Waals surface area contributed by atoms with Gasteiger partial charge in [0.2, 0.25) is 5.91 Å². The molecule has 1 aromatic carbocycles. The lowest BCUT2D eigenvalue weighted by Gasteiger charge is -2.23. The largest absolute Gasteiger partial charge is 0.466 e. The predicted octanol–water partition coefficient (Wildman–Crippen LogP) is 2.23. The van der Waals surface area contributed by atoms with Crippen LogP contribution in [0.5, 0.6) is 0 Å². The van der Waals surface area contributed by atoms with Gasteiger partial charge in [0.25, 0.3) is 0 Å². The quantitative estimate of drug-likeness (QED) is 0.287. The molecule has 0 aliphatic carbocycles. The van der Waals surface area contributed by atoms with Gasteiger partial charge >= 0.3 is 11.9 Å². The summed E-state index contributed by atoms with van der Waals surface area (Å²) < 4.78 is 9.95. The van der Waals surface area contributed by atoms with Crippen LogP contribution in [0.4, 0.5) is 5.69 Å². The summed E-state index contributed by atoms with van der Waals surface area (Å²) in [6.45, 7) is 5.18. The fraction of sp³-hybridized carbons (Fsp3) is 0.591. The van der Waals surface area contributed by atoms with Crippen LogP contribution in [0.3, 0.4) is 0 Å². The van der Waals surface area contributed by atoms with Gasteiger partial charge in [0.05, 0.1) is 19.3 Å². The number of rotatable bonds is 15. The number of halogens is 2. The Bertz CT molecular complexity index is 712. The van der Waals surface area contributed by atoms with E-state index < -0.39 is 29.9 Å². The van der Waals surface area contributed by atoms with Crippen molar-refractivity contribution in [2.75, 3.05) is 43.0 Å². The molecule has 32 heavy (non-hydrogen) atoms. The van der Waals surface area contributed by atoms with E-state index in [-0.39, 0.29) is 32.5 Å². The van der Waals surface area contributed by atoms with Gasteiger partial charge in [-0.25, -0.2) is 4.79 Å². The van der Waals surface area contributed by atoms with Crippen LogP contribution >= 0.6 is 23.2 Å². The molecule has 0 spiro atoms. The van der Waals surface area contributed by atoms with Gasteiger partial charge in [0.15, 0.2) is 0 Å². The zero-order valence-electron chi connectivity index (χ0n) is 18.6. The molecule has 0 aromatic heterocycles. The van der Waals surface area contributed by atoms with Crippen molar-refractivity contribution in [2.45, 2.75) is 45.2 Å². The molecular weight excluding hydrogens is 457 g/mol. The van der Waals surface area contributed by atoms with Gasteiger partial charge < -0.3 is 25.4 Å². The van der Waals surface area contributed by atoms with Crippen molar-refractivity contribution in [3.63, 3.8) is 0 Å². The Labute approximate surface area is 199 Å². The third kappa shape index (κ3) is 10.1. The summed E-state index contributed by atoms with van der Waals surface area (Å²) >= 11 is 11.7. The summed E-state index contributed by atoms with van der Waals surface area (Å²) in [6, 6.07) is 5.75. The minimum absolute atomic E-state index is 0.0229. The maximum atomic E-state index is 12.5. The lowest BCUT2D eigenvalue weighted by Crippen LogP contribution is -2.50. The van der Waals surface area contributed by atoms with E-state index in [4.69, 9.17) is 38.4 Å². The second-order valence-corrected chi connectivity index (χ2v) is 7.75. The lowest BCUT2D eigenvalue weighted by atomic mass is 10.0. The van der Waals surface area contributed by atoms with Crippen molar-refractivity contribution in [2.24, 2.45) is 5.73 Å². The van der Waals surface area contributed by atoms with Crippen LogP contribution in [0.25, 0.3) is 0 Å². The molecule has 0 aliphatic rings. The number of anilines is 1. The van der Waals surface area contributed by atoms with Crippen molar-refractivity contribution in [1.29, 1.82) is 0 Å². The summed E-state index contributed by atoms with van der Waals surface area (Å²) in [4.78, 5) is 38.4. The van der Waals surface area contributed by atoms with Gasteiger partial charge in [0.1, 0.15) is 6.04 Å². The summed E-state index contributed by atoms with van der Waals surface area (Å²) in [6.07, 6.45) is 0.376. The highest BCUT2D eigenvalue weighted by Gasteiger charge is 2.25. The summed E-state index contributed by atoms with van der Waals surface area (Å²) in [5, 5.41) is 2.65. The number of nitrogens with two attached hydrogens (primary N) is 1. The molecule has 10 heteroatoms. The molecule has 8 nitrogen and oxygen atoms in total. The van der Waals surface area contributed by atoms with Gasteiger partial charge in [-0.05, 0) is 38.0 Å². The standard InChI is InChI=1S/C22H33Cl2N3O5/c1-3-31-20(28)10-9-18(25)21(29)26-19(22(30)32-4-2)15-16-5-7-17(8-6-16)27(13-11-23)14-12-24/h5-8,18-19H,3-4,9-15,25H2,1-2H3,(H,26,29)/t18-,19+/m0/s1. The smallest absolute Gasteiger partial charge is 0.328 e. The summed E-state index contributed by atoms with van der Waals surface area (Å²) in [5.41, 5.74) is 7.69. The monoisotopic (exact) mass is 489 g/mol. The van der Waals surface area contributed by atoms with Crippen LogP contribution in [-0.2, 0) is 30.3 Å². The lowest BCUT2D eigenvalue weighted by molar-refractivity contribution is -0.148. The molecule has 0 unspecified atom stereocenters. The van der Waals surface area contributed by atoms with E-state index in [0.29, 0.717) is 24.8 Å². The number of amides is 1. The highest BCUT2D eigenvalue weighted by molar-refractivity contribution is 6.18. The Morgan fingerprint density at radius 1 is 1.03 bits per heavy atom. The van der Waals surface area contributed by atoms with E-state index in [0.717, 1.165) is 11.3 Å². The van der Waals surface area contributed by atoms with Crippen molar-refractivity contribution >= 4 is 46.7 Å². The summed E-state index contributed by atoms with van der Waals surface area (Å²) in [5.74, 6) is -0.541. The topological polar surface area (TPSA) is 111 Å².